The topological polar surface area (TPSA) is 68.7 Å². The van der Waals surface area contributed by atoms with E-state index in [0.717, 1.165) is 22.0 Å². The van der Waals surface area contributed by atoms with Gasteiger partial charge in [-0.25, -0.2) is 4.98 Å². The van der Waals surface area contributed by atoms with E-state index in [1.54, 1.807) is 20.3 Å². The summed E-state index contributed by atoms with van der Waals surface area (Å²) in [6, 6.07) is 13.2. The number of methoxy groups -OCH3 is 2. The van der Waals surface area contributed by atoms with E-state index in [0.29, 0.717) is 22.8 Å². The van der Waals surface area contributed by atoms with Crippen molar-refractivity contribution in [1.82, 2.24) is 4.98 Å². The zero-order valence-electron chi connectivity index (χ0n) is 14.8. The summed E-state index contributed by atoms with van der Waals surface area (Å²) >= 11 is 0. The van der Waals surface area contributed by atoms with Crippen LogP contribution in [0.3, 0.4) is 0 Å². The molecule has 0 atom stereocenters. The van der Waals surface area contributed by atoms with Gasteiger partial charge in [0, 0.05) is 10.9 Å². The normalized spacial score (nSPS) is 10.3. The lowest BCUT2D eigenvalue weighted by Crippen LogP contribution is -2.06. The number of fused-ring (bicyclic) bond motifs is 1. The number of aromatic nitrogens is 1. The fourth-order valence-electron chi connectivity index (χ4n) is 3.01. The minimum atomic E-state index is -0.887. The highest BCUT2D eigenvalue weighted by atomic mass is 35.5. The van der Waals surface area contributed by atoms with Gasteiger partial charge in [0.2, 0.25) is 0 Å². The number of ether oxygens (including phenoxy) is 2. The van der Waals surface area contributed by atoms with Crippen LogP contribution < -0.4 is 9.47 Å². The fraction of sp³-hybridized carbons (Fsp3) is 0.200. The molecule has 0 spiro atoms. The molecule has 136 valence electrons. The number of hydrogen-bond acceptors (Lipinski definition) is 4. The second kappa shape index (κ2) is 8.06. The molecule has 1 N–H and O–H groups in total. The number of rotatable bonds is 5. The monoisotopic (exact) mass is 373 g/mol. The molecule has 0 amide bonds. The molecule has 1 heterocycles. The summed E-state index contributed by atoms with van der Waals surface area (Å²) in [5.41, 5.74) is 3.91. The predicted octanol–water partition coefficient (Wildman–Crippen LogP) is 4.28. The van der Waals surface area contributed by atoms with Crippen LogP contribution in [0, 0.1) is 6.92 Å². The maximum atomic E-state index is 11.4. The van der Waals surface area contributed by atoms with Crippen LogP contribution in [-0.4, -0.2) is 30.3 Å². The number of aliphatic carboxylic acids is 1. The van der Waals surface area contributed by atoms with Crippen LogP contribution in [0.25, 0.3) is 22.2 Å². The Kier molecular flexibility index (Phi) is 6.05. The molecule has 26 heavy (non-hydrogen) atoms. The second-order valence-electron chi connectivity index (χ2n) is 5.72. The van der Waals surface area contributed by atoms with Gasteiger partial charge in [-0.1, -0.05) is 18.2 Å². The second-order valence-corrected chi connectivity index (χ2v) is 5.72. The third-order valence-corrected chi connectivity index (χ3v) is 4.26. The number of hydrogen-bond donors (Lipinski definition) is 1. The summed E-state index contributed by atoms with van der Waals surface area (Å²) < 4.78 is 10.6. The number of carbonyl (C=O) groups is 1. The van der Waals surface area contributed by atoms with Crippen molar-refractivity contribution in [2.75, 3.05) is 14.2 Å². The average molecular weight is 374 g/mol. The zero-order valence-corrected chi connectivity index (χ0v) is 15.6. The van der Waals surface area contributed by atoms with E-state index in [1.807, 2.05) is 43.3 Å². The van der Waals surface area contributed by atoms with E-state index in [4.69, 9.17) is 14.5 Å². The maximum absolute atomic E-state index is 11.4. The van der Waals surface area contributed by atoms with E-state index >= 15 is 0 Å². The van der Waals surface area contributed by atoms with Gasteiger partial charge >= 0.3 is 5.97 Å². The predicted molar refractivity (Wildman–Crippen MR) is 104 cm³/mol. The van der Waals surface area contributed by atoms with Crippen molar-refractivity contribution >= 4 is 29.3 Å². The molecule has 0 fully saturated rings. The first-order chi connectivity index (χ1) is 12.0. The summed E-state index contributed by atoms with van der Waals surface area (Å²) in [6.45, 7) is 1.94. The number of para-hydroxylation sites is 1. The average Bonchev–Trinajstić information content (AvgIpc) is 2.63. The maximum Gasteiger partial charge on any atom is 0.307 e. The third-order valence-electron chi connectivity index (χ3n) is 4.26. The number of carboxylic acid groups (broad SMARTS) is 1. The number of pyridine rings is 1. The summed E-state index contributed by atoms with van der Waals surface area (Å²) in [7, 11) is 3.14. The Labute approximate surface area is 158 Å². The van der Waals surface area contributed by atoms with Crippen molar-refractivity contribution in [2.45, 2.75) is 13.3 Å². The molecule has 3 aromatic rings. The SMILES string of the molecule is COc1ccc(-c2nc3ccccc3c(C)c2CC(=O)O)cc1OC.Cl. The summed E-state index contributed by atoms with van der Waals surface area (Å²) in [4.78, 5) is 16.1. The van der Waals surface area contributed by atoms with Crippen molar-refractivity contribution in [3.63, 3.8) is 0 Å². The van der Waals surface area contributed by atoms with E-state index in [-0.39, 0.29) is 18.8 Å². The van der Waals surface area contributed by atoms with Crippen molar-refractivity contribution in [3.8, 4) is 22.8 Å². The van der Waals surface area contributed by atoms with Crippen LogP contribution in [0.2, 0.25) is 0 Å². The summed E-state index contributed by atoms with van der Waals surface area (Å²) in [6.07, 6.45) is -0.0899. The summed E-state index contributed by atoms with van der Waals surface area (Å²) in [5, 5.41) is 10.3. The van der Waals surface area contributed by atoms with Crippen molar-refractivity contribution in [1.29, 1.82) is 0 Å². The lowest BCUT2D eigenvalue weighted by molar-refractivity contribution is -0.136. The van der Waals surface area contributed by atoms with Gasteiger partial charge in [0.25, 0.3) is 0 Å². The van der Waals surface area contributed by atoms with Gasteiger partial charge in [0.1, 0.15) is 0 Å². The molecule has 0 radical (unpaired) electrons. The molecular weight excluding hydrogens is 354 g/mol. The first-order valence-corrected chi connectivity index (χ1v) is 7.87. The Morgan fingerprint density at radius 1 is 1.08 bits per heavy atom. The van der Waals surface area contributed by atoms with E-state index in [2.05, 4.69) is 0 Å². The Balaban J connectivity index is 0.00000243. The minimum absolute atomic E-state index is 0. The molecule has 0 aliphatic heterocycles. The standard InChI is InChI=1S/C20H19NO4.ClH/c1-12-14-6-4-5-7-16(14)21-20(15(12)11-19(22)23)13-8-9-17(24-2)18(10-13)25-3;/h4-10H,11H2,1-3H3,(H,22,23);1H. The lowest BCUT2D eigenvalue weighted by atomic mass is 9.95. The van der Waals surface area contributed by atoms with Crippen LogP contribution >= 0.6 is 12.4 Å². The number of nitrogens with zero attached hydrogens (tertiary/aromatic N) is 1. The van der Waals surface area contributed by atoms with Gasteiger partial charge < -0.3 is 14.6 Å². The molecule has 2 aromatic carbocycles. The molecule has 0 unspecified atom stereocenters. The fourth-order valence-corrected chi connectivity index (χ4v) is 3.01. The van der Waals surface area contributed by atoms with Crippen molar-refractivity contribution in [2.24, 2.45) is 0 Å². The first-order valence-electron chi connectivity index (χ1n) is 7.87. The number of aryl methyl sites for hydroxylation is 1. The highest BCUT2D eigenvalue weighted by Crippen LogP contribution is 2.35. The largest absolute Gasteiger partial charge is 0.493 e. The van der Waals surface area contributed by atoms with Crippen molar-refractivity contribution in [3.05, 3.63) is 53.6 Å². The molecule has 1 aromatic heterocycles. The van der Waals surface area contributed by atoms with Gasteiger partial charge in [-0.05, 0) is 42.3 Å². The van der Waals surface area contributed by atoms with Crippen molar-refractivity contribution < 1.29 is 19.4 Å². The van der Waals surface area contributed by atoms with E-state index < -0.39 is 5.97 Å². The number of halogens is 1. The molecule has 0 aliphatic carbocycles. The molecule has 0 saturated heterocycles. The summed E-state index contributed by atoms with van der Waals surface area (Å²) in [5.74, 6) is 0.305. The molecule has 5 nitrogen and oxygen atoms in total. The zero-order chi connectivity index (χ0) is 18.0. The Morgan fingerprint density at radius 3 is 2.42 bits per heavy atom. The van der Waals surface area contributed by atoms with Gasteiger partial charge in [-0.2, -0.15) is 0 Å². The first kappa shape index (κ1) is 19.5. The Bertz CT molecular complexity index is 956. The third kappa shape index (κ3) is 3.58. The van der Waals surface area contributed by atoms with Crippen LogP contribution in [0.4, 0.5) is 0 Å². The molecular formula is C20H20ClNO4. The van der Waals surface area contributed by atoms with Gasteiger partial charge in [-0.15, -0.1) is 12.4 Å². The lowest BCUT2D eigenvalue weighted by Gasteiger charge is -2.15. The van der Waals surface area contributed by atoms with Crippen LogP contribution in [0.1, 0.15) is 11.1 Å². The molecule has 0 saturated carbocycles. The Hall–Kier alpha value is -2.79. The van der Waals surface area contributed by atoms with Gasteiger partial charge in [0.15, 0.2) is 11.5 Å². The Morgan fingerprint density at radius 2 is 1.77 bits per heavy atom. The number of benzene rings is 2. The quantitative estimate of drug-likeness (QED) is 0.723. The van der Waals surface area contributed by atoms with Crippen LogP contribution in [0.5, 0.6) is 11.5 Å². The highest BCUT2D eigenvalue weighted by molar-refractivity contribution is 5.89. The van der Waals surface area contributed by atoms with E-state index in [9.17, 15) is 9.90 Å². The minimum Gasteiger partial charge on any atom is -0.493 e. The highest BCUT2D eigenvalue weighted by Gasteiger charge is 2.17. The smallest absolute Gasteiger partial charge is 0.307 e. The van der Waals surface area contributed by atoms with Crippen LogP contribution in [0.15, 0.2) is 42.5 Å². The molecule has 3 rings (SSSR count). The molecule has 0 bridgehead atoms. The number of carboxylic acids is 1. The van der Waals surface area contributed by atoms with Gasteiger partial charge in [0.05, 0.1) is 31.9 Å². The molecule has 0 aliphatic rings. The van der Waals surface area contributed by atoms with Gasteiger partial charge in [-0.3, -0.25) is 4.79 Å². The van der Waals surface area contributed by atoms with E-state index in [1.165, 1.54) is 0 Å². The molecule has 6 heteroatoms. The van der Waals surface area contributed by atoms with Crippen LogP contribution in [-0.2, 0) is 11.2 Å².